The number of carbonyl (C=O) groups is 1. The number of benzene rings is 1. The van der Waals surface area contributed by atoms with Crippen molar-refractivity contribution in [3.05, 3.63) is 34.3 Å². The van der Waals surface area contributed by atoms with Crippen LogP contribution in [-0.2, 0) is 6.42 Å². The molecular weight excluding hydrogens is 262 g/mol. The van der Waals surface area contributed by atoms with Gasteiger partial charge in [0.1, 0.15) is 10.6 Å². The maximum atomic E-state index is 12.2. The summed E-state index contributed by atoms with van der Waals surface area (Å²) in [6.45, 7) is 3.90. The van der Waals surface area contributed by atoms with Gasteiger partial charge < -0.3 is 10.1 Å². The lowest BCUT2D eigenvalue weighted by Gasteiger charge is -2.10. The normalized spacial score (nSPS) is 10.3. The van der Waals surface area contributed by atoms with E-state index < -0.39 is 0 Å². The van der Waals surface area contributed by atoms with E-state index in [4.69, 9.17) is 4.74 Å². The summed E-state index contributed by atoms with van der Waals surface area (Å²) in [5.74, 6) is 0.435. The molecule has 2 aromatic rings. The third kappa shape index (κ3) is 2.90. The second-order valence-corrected chi connectivity index (χ2v) is 4.81. The number of anilines is 1. The molecule has 0 unspecified atom stereocenters. The van der Waals surface area contributed by atoms with Gasteiger partial charge in [-0.25, -0.2) is 0 Å². The summed E-state index contributed by atoms with van der Waals surface area (Å²) >= 11 is 1.11. The molecule has 0 radical (unpaired) electrons. The van der Waals surface area contributed by atoms with Gasteiger partial charge in [-0.15, -0.1) is 5.10 Å². The second kappa shape index (κ2) is 5.79. The van der Waals surface area contributed by atoms with Gasteiger partial charge in [-0.1, -0.05) is 17.5 Å². The fourth-order valence-corrected chi connectivity index (χ4v) is 2.36. The van der Waals surface area contributed by atoms with E-state index in [2.05, 4.69) is 14.9 Å². The SMILES string of the molecule is CCc1nnsc1C(=O)Nc1cc(C)ccc1OC. The van der Waals surface area contributed by atoms with Crippen molar-refractivity contribution >= 4 is 23.1 Å². The van der Waals surface area contributed by atoms with Crippen molar-refractivity contribution < 1.29 is 9.53 Å². The summed E-state index contributed by atoms with van der Waals surface area (Å²) in [4.78, 5) is 12.7. The Balaban J connectivity index is 2.26. The second-order valence-electron chi connectivity index (χ2n) is 4.06. The first-order chi connectivity index (χ1) is 9.15. The minimum atomic E-state index is -0.198. The van der Waals surface area contributed by atoms with Gasteiger partial charge in [-0.05, 0) is 42.6 Å². The first-order valence-electron chi connectivity index (χ1n) is 5.93. The Morgan fingerprint density at radius 3 is 2.95 bits per heavy atom. The molecule has 5 nitrogen and oxygen atoms in total. The van der Waals surface area contributed by atoms with Gasteiger partial charge in [0.25, 0.3) is 5.91 Å². The molecule has 1 aromatic carbocycles. The zero-order chi connectivity index (χ0) is 13.8. The quantitative estimate of drug-likeness (QED) is 0.933. The van der Waals surface area contributed by atoms with Gasteiger partial charge in [-0.2, -0.15) is 0 Å². The number of aromatic nitrogens is 2. The highest BCUT2D eigenvalue weighted by Crippen LogP contribution is 2.26. The van der Waals surface area contributed by atoms with Crippen LogP contribution in [0.25, 0.3) is 0 Å². The maximum absolute atomic E-state index is 12.2. The van der Waals surface area contributed by atoms with Crippen molar-refractivity contribution in [3.63, 3.8) is 0 Å². The van der Waals surface area contributed by atoms with Crippen LogP contribution in [0.5, 0.6) is 5.75 Å². The monoisotopic (exact) mass is 277 g/mol. The van der Waals surface area contributed by atoms with Crippen molar-refractivity contribution in [2.24, 2.45) is 0 Å². The fraction of sp³-hybridized carbons (Fsp3) is 0.308. The maximum Gasteiger partial charge on any atom is 0.269 e. The summed E-state index contributed by atoms with van der Waals surface area (Å²) < 4.78 is 9.05. The average molecular weight is 277 g/mol. The lowest BCUT2D eigenvalue weighted by atomic mass is 10.2. The zero-order valence-corrected chi connectivity index (χ0v) is 11.9. The third-order valence-electron chi connectivity index (χ3n) is 2.70. The Labute approximate surface area is 115 Å². The van der Waals surface area contributed by atoms with E-state index in [1.54, 1.807) is 7.11 Å². The zero-order valence-electron chi connectivity index (χ0n) is 11.1. The van der Waals surface area contributed by atoms with Crippen LogP contribution < -0.4 is 10.1 Å². The number of aryl methyl sites for hydroxylation is 2. The van der Waals surface area contributed by atoms with Gasteiger partial charge in [0.05, 0.1) is 18.5 Å². The van der Waals surface area contributed by atoms with E-state index in [1.165, 1.54) is 0 Å². The minimum Gasteiger partial charge on any atom is -0.495 e. The van der Waals surface area contributed by atoms with Crippen molar-refractivity contribution in [3.8, 4) is 5.75 Å². The number of hydrogen-bond donors (Lipinski definition) is 1. The Bertz CT molecular complexity index is 595. The number of nitrogens with zero attached hydrogens (tertiary/aromatic N) is 2. The van der Waals surface area contributed by atoms with Crippen LogP contribution in [0.2, 0.25) is 0 Å². The van der Waals surface area contributed by atoms with E-state index in [1.807, 2.05) is 32.0 Å². The molecular formula is C13H15N3O2S. The van der Waals surface area contributed by atoms with E-state index in [0.29, 0.717) is 28.4 Å². The van der Waals surface area contributed by atoms with Crippen molar-refractivity contribution in [2.75, 3.05) is 12.4 Å². The number of ether oxygens (including phenoxy) is 1. The lowest BCUT2D eigenvalue weighted by molar-refractivity contribution is 0.102. The molecule has 1 amide bonds. The summed E-state index contributed by atoms with van der Waals surface area (Å²) in [6, 6.07) is 5.63. The van der Waals surface area contributed by atoms with Crippen LogP contribution in [0, 0.1) is 6.92 Å². The van der Waals surface area contributed by atoms with Crippen LogP contribution in [0.3, 0.4) is 0 Å². The van der Waals surface area contributed by atoms with Crippen molar-refractivity contribution in [2.45, 2.75) is 20.3 Å². The molecule has 0 aliphatic rings. The Morgan fingerprint density at radius 2 is 2.26 bits per heavy atom. The molecule has 0 saturated heterocycles. The molecule has 1 N–H and O–H groups in total. The topological polar surface area (TPSA) is 64.1 Å². The number of nitrogens with one attached hydrogen (secondary N) is 1. The Kier molecular flexibility index (Phi) is 4.11. The standard InChI is InChI=1S/C13H15N3O2S/c1-4-9-12(19-16-15-9)13(17)14-10-7-8(2)5-6-11(10)18-3/h5-7H,4H2,1-3H3,(H,14,17). The summed E-state index contributed by atoms with van der Waals surface area (Å²) in [7, 11) is 1.58. The molecule has 2 rings (SSSR count). The highest BCUT2D eigenvalue weighted by atomic mass is 32.1. The molecule has 0 aliphatic carbocycles. The number of hydrogen-bond acceptors (Lipinski definition) is 5. The predicted molar refractivity (Wildman–Crippen MR) is 75.0 cm³/mol. The van der Waals surface area contributed by atoms with Gasteiger partial charge in [0.2, 0.25) is 0 Å². The number of carbonyl (C=O) groups excluding carboxylic acids is 1. The molecule has 100 valence electrons. The van der Waals surface area contributed by atoms with E-state index >= 15 is 0 Å². The first kappa shape index (κ1) is 13.5. The van der Waals surface area contributed by atoms with Crippen LogP contribution in [-0.4, -0.2) is 22.6 Å². The Morgan fingerprint density at radius 1 is 1.47 bits per heavy atom. The molecule has 0 atom stereocenters. The van der Waals surface area contributed by atoms with Crippen LogP contribution in [0.1, 0.15) is 27.9 Å². The molecule has 6 heteroatoms. The van der Waals surface area contributed by atoms with Crippen LogP contribution in [0.4, 0.5) is 5.69 Å². The van der Waals surface area contributed by atoms with Crippen molar-refractivity contribution in [1.29, 1.82) is 0 Å². The molecule has 0 aliphatic heterocycles. The molecule has 0 fully saturated rings. The molecule has 0 spiro atoms. The van der Waals surface area contributed by atoms with Crippen LogP contribution in [0.15, 0.2) is 18.2 Å². The summed E-state index contributed by atoms with van der Waals surface area (Å²) in [5.41, 5.74) is 2.42. The minimum absolute atomic E-state index is 0.198. The van der Waals surface area contributed by atoms with Crippen molar-refractivity contribution in [1.82, 2.24) is 9.59 Å². The summed E-state index contributed by atoms with van der Waals surface area (Å²) in [5, 5.41) is 6.78. The van der Waals surface area contributed by atoms with E-state index in [-0.39, 0.29) is 5.91 Å². The molecule has 1 heterocycles. The average Bonchev–Trinajstić information content (AvgIpc) is 2.87. The lowest BCUT2D eigenvalue weighted by Crippen LogP contribution is -2.13. The van der Waals surface area contributed by atoms with Gasteiger partial charge in [0, 0.05) is 0 Å². The van der Waals surface area contributed by atoms with E-state index in [0.717, 1.165) is 17.1 Å². The molecule has 1 aromatic heterocycles. The number of amides is 1. The van der Waals surface area contributed by atoms with E-state index in [9.17, 15) is 4.79 Å². The van der Waals surface area contributed by atoms with Gasteiger partial charge in [0.15, 0.2) is 0 Å². The molecule has 0 bridgehead atoms. The fourth-order valence-electron chi connectivity index (χ4n) is 1.71. The molecule has 0 saturated carbocycles. The number of rotatable bonds is 4. The first-order valence-corrected chi connectivity index (χ1v) is 6.70. The van der Waals surface area contributed by atoms with Gasteiger partial charge in [-0.3, -0.25) is 4.79 Å². The summed E-state index contributed by atoms with van der Waals surface area (Å²) in [6.07, 6.45) is 0.685. The van der Waals surface area contributed by atoms with Gasteiger partial charge >= 0.3 is 0 Å². The highest BCUT2D eigenvalue weighted by Gasteiger charge is 2.16. The Hall–Kier alpha value is -1.95. The largest absolute Gasteiger partial charge is 0.495 e. The van der Waals surface area contributed by atoms with Crippen LogP contribution >= 0.6 is 11.5 Å². The molecule has 19 heavy (non-hydrogen) atoms. The number of methoxy groups -OCH3 is 1. The highest BCUT2D eigenvalue weighted by molar-refractivity contribution is 7.08. The smallest absolute Gasteiger partial charge is 0.269 e. The third-order valence-corrected chi connectivity index (χ3v) is 3.47. The predicted octanol–water partition coefficient (Wildman–Crippen LogP) is 2.67.